The third kappa shape index (κ3) is 1.58. The standard InChI is InChI=1S/C9H4ClN3O/c10-7-3-1-6(2-4-7)9-13-12-8(5-11)14-9/h1-4H. The first-order valence-electron chi connectivity index (χ1n) is 3.79. The summed E-state index contributed by atoms with van der Waals surface area (Å²) in [7, 11) is 0. The van der Waals surface area contributed by atoms with Crippen molar-refractivity contribution in [1.29, 1.82) is 5.26 Å². The maximum atomic E-state index is 8.47. The Morgan fingerprint density at radius 2 is 1.93 bits per heavy atom. The van der Waals surface area contributed by atoms with Crippen LogP contribution in [-0.4, -0.2) is 10.2 Å². The molecule has 68 valence electrons. The zero-order valence-electron chi connectivity index (χ0n) is 6.94. The van der Waals surface area contributed by atoms with Crippen LogP contribution in [0.5, 0.6) is 0 Å². The minimum atomic E-state index is -0.0463. The minimum absolute atomic E-state index is 0.0463. The Balaban J connectivity index is 2.40. The Morgan fingerprint density at radius 3 is 2.50 bits per heavy atom. The second-order valence-corrected chi connectivity index (χ2v) is 2.97. The second-order valence-electron chi connectivity index (χ2n) is 2.53. The summed E-state index contributed by atoms with van der Waals surface area (Å²) < 4.78 is 5.03. The van der Waals surface area contributed by atoms with Crippen molar-refractivity contribution in [3.63, 3.8) is 0 Å². The topological polar surface area (TPSA) is 62.7 Å². The maximum Gasteiger partial charge on any atom is 0.321 e. The molecule has 4 nitrogen and oxygen atoms in total. The van der Waals surface area contributed by atoms with E-state index >= 15 is 0 Å². The molecule has 2 aromatic rings. The number of hydrogen-bond acceptors (Lipinski definition) is 4. The summed E-state index contributed by atoms with van der Waals surface area (Å²) in [5.41, 5.74) is 0.739. The van der Waals surface area contributed by atoms with E-state index in [9.17, 15) is 0 Å². The molecule has 0 atom stereocenters. The highest BCUT2D eigenvalue weighted by atomic mass is 35.5. The van der Waals surface area contributed by atoms with E-state index < -0.39 is 0 Å². The summed E-state index contributed by atoms with van der Waals surface area (Å²) >= 11 is 5.71. The van der Waals surface area contributed by atoms with E-state index in [1.807, 2.05) is 0 Å². The summed E-state index contributed by atoms with van der Waals surface area (Å²) in [5.74, 6) is 0.271. The Morgan fingerprint density at radius 1 is 1.21 bits per heavy atom. The van der Waals surface area contributed by atoms with Crippen molar-refractivity contribution in [2.24, 2.45) is 0 Å². The quantitative estimate of drug-likeness (QED) is 0.717. The van der Waals surface area contributed by atoms with Crippen molar-refractivity contribution in [3.8, 4) is 17.5 Å². The zero-order chi connectivity index (χ0) is 9.97. The first kappa shape index (κ1) is 8.73. The first-order valence-corrected chi connectivity index (χ1v) is 4.17. The van der Waals surface area contributed by atoms with Gasteiger partial charge < -0.3 is 4.42 Å². The maximum absolute atomic E-state index is 8.47. The van der Waals surface area contributed by atoms with Crippen molar-refractivity contribution in [2.75, 3.05) is 0 Å². The molecule has 0 amide bonds. The normalized spacial score (nSPS) is 9.71. The van der Waals surface area contributed by atoms with E-state index in [1.165, 1.54) is 0 Å². The van der Waals surface area contributed by atoms with Gasteiger partial charge in [-0.3, -0.25) is 0 Å². The van der Waals surface area contributed by atoms with Crippen molar-refractivity contribution in [1.82, 2.24) is 10.2 Å². The Bertz CT molecular complexity index is 484. The number of nitriles is 1. The zero-order valence-corrected chi connectivity index (χ0v) is 7.69. The largest absolute Gasteiger partial charge is 0.408 e. The van der Waals surface area contributed by atoms with Gasteiger partial charge >= 0.3 is 5.89 Å². The number of hydrogen-bond donors (Lipinski definition) is 0. The van der Waals surface area contributed by atoms with Gasteiger partial charge in [0.1, 0.15) is 0 Å². The summed E-state index contributed by atoms with van der Waals surface area (Å²) in [4.78, 5) is 0. The van der Waals surface area contributed by atoms with Crippen molar-refractivity contribution in [3.05, 3.63) is 35.2 Å². The molecule has 0 aliphatic carbocycles. The summed E-state index contributed by atoms with van der Waals surface area (Å²) in [6, 6.07) is 8.69. The van der Waals surface area contributed by atoms with Crippen LogP contribution in [0.4, 0.5) is 0 Å². The number of aromatic nitrogens is 2. The Labute approximate surface area is 84.8 Å². The molecule has 0 fully saturated rings. The van der Waals surface area contributed by atoms with Crippen LogP contribution in [0.2, 0.25) is 5.02 Å². The van der Waals surface area contributed by atoms with Gasteiger partial charge in [0.05, 0.1) is 0 Å². The lowest BCUT2D eigenvalue weighted by Crippen LogP contribution is -1.76. The van der Waals surface area contributed by atoms with Gasteiger partial charge in [0, 0.05) is 10.6 Å². The number of nitrogens with zero attached hydrogens (tertiary/aromatic N) is 3. The predicted molar refractivity (Wildman–Crippen MR) is 49.5 cm³/mol. The fourth-order valence-corrected chi connectivity index (χ4v) is 1.10. The van der Waals surface area contributed by atoms with Crippen LogP contribution >= 0.6 is 11.6 Å². The monoisotopic (exact) mass is 205 g/mol. The minimum Gasteiger partial charge on any atom is -0.408 e. The van der Waals surface area contributed by atoms with E-state index in [2.05, 4.69) is 10.2 Å². The van der Waals surface area contributed by atoms with Gasteiger partial charge in [-0.15, -0.1) is 5.10 Å². The lowest BCUT2D eigenvalue weighted by molar-refractivity contribution is 0.553. The van der Waals surface area contributed by atoms with Crippen LogP contribution in [0.1, 0.15) is 5.89 Å². The summed E-state index contributed by atoms with van der Waals surface area (Å²) in [6.45, 7) is 0. The van der Waals surface area contributed by atoms with Crippen molar-refractivity contribution >= 4 is 11.6 Å². The molecule has 14 heavy (non-hydrogen) atoms. The number of rotatable bonds is 1. The summed E-state index contributed by atoms with van der Waals surface area (Å²) in [5, 5.41) is 16.3. The fourth-order valence-electron chi connectivity index (χ4n) is 0.978. The SMILES string of the molecule is N#Cc1nnc(-c2ccc(Cl)cc2)o1. The molecule has 1 aromatic carbocycles. The molecule has 0 spiro atoms. The van der Waals surface area contributed by atoms with Crippen LogP contribution in [0, 0.1) is 11.3 Å². The van der Waals surface area contributed by atoms with Gasteiger partial charge in [0.15, 0.2) is 6.07 Å². The molecule has 0 unspecified atom stereocenters. The number of benzene rings is 1. The highest BCUT2D eigenvalue weighted by molar-refractivity contribution is 6.30. The second kappa shape index (κ2) is 3.48. The summed E-state index contributed by atoms with van der Waals surface area (Å²) in [6.07, 6.45) is 0. The molecule has 0 aliphatic rings. The van der Waals surface area contributed by atoms with Crippen LogP contribution in [0.15, 0.2) is 28.7 Å². The molecule has 0 radical (unpaired) electrons. The van der Waals surface area contributed by atoms with Gasteiger partial charge in [0.25, 0.3) is 0 Å². The highest BCUT2D eigenvalue weighted by Crippen LogP contribution is 2.19. The van der Waals surface area contributed by atoms with Crippen LogP contribution in [-0.2, 0) is 0 Å². The van der Waals surface area contributed by atoms with E-state index in [-0.39, 0.29) is 5.89 Å². The molecular formula is C9H4ClN3O. The molecule has 0 saturated carbocycles. The van der Waals surface area contributed by atoms with E-state index in [0.717, 1.165) is 5.56 Å². The average molecular weight is 206 g/mol. The van der Waals surface area contributed by atoms with Crippen LogP contribution < -0.4 is 0 Å². The molecule has 5 heteroatoms. The van der Waals surface area contributed by atoms with Crippen molar-refractivity contribution in [2.45, 2.75) is 0 Å². The van der Waals surface area contributed by atoms with Gasteiger partial charge in [-0.05, 0) is 24.3 Å². The molecule has 0 N–H and O–H groups in total. The smallest absolute Gasteiger partial charge is 0.321 e. The average Bonchev–Trinajstić information content (AvgIpc) is 2.67. The van der Waals surface area contributed by atoms with Gasteiger partial charge in [-0.25, -0.2) is 0 Å². The molecule has 1 heterocycles. The Kier molecular flexibility index (Phi) is 2.17. The lowest BCUT2D eigenvalue weighted by atomic mass is 10.2. The van der Waals surface area contributed by atoms with E-state index in [4.69, 9.17) is 21.3 Å². The fraction of sp³-hybridized carbons (Fsp3) is 0. The molecule has 2 rings (SSSR count). The molecule has 0 aliphatic heterocycles. The predicted octanol–water partition coefficient (Wildman–Crippen LogP) is 2.26. The van der Waals surface area contributed by atoms with Gasteiger partial charge in [0.2, 0.25) is 5.89 Å². The van der Waals surface area contributed by atoms with Gasteiger partial charge in [-0.2, -0.15) is 5.26 Å². The van der Waals surface area contributed by atoms with Crippen molar-refractivity contribution < 1.29 is 4.42 Å². The molecule has 0 bridgehead atoms. The van der Waals surface area contributed by atoms with Crippen LogP contribution in [0.25, 0.3) is 11.5 Å². The molecular weight excluding hydrogens is 202 g/mol. The van der Waals surface area contributed by atoms with Crippen LogP contribution in [0.3, 0.4) is 0 Å². The third-order valence-corrected chi connectivity index (χ3v) is 1.86. The van der Waals surface area contributed by atoms with E-state index in [0.29, 0.717) is 10.9 Å². The van der Waals surface area contributed by atoms with Gasteiger partial charge in [-0.1, -0.05) is 16.7 Å². The third-order valence-electron chi connectivity index (χ3n) is 1.61. The molecule has 0 saturated heterocycles. The lowest BCUT2D eigenvalue weighted by Gasteiger charge is -1.92. The van der Waals surface area contributed by atoms with E-state index in [1.54, 1.807) is 30.3 Å². The molecule has 1 aromatic heterocycles. The number of halogens is 1. The Hall–Kier alpha value is -1.86. The first-order chi connectivity index (χ1) is 6.79. The highest BCUT2D eigenvalue weighted by Gasteiger charge is 2.06.